The van der Waals surface area contributed by atoms with Crippen LogP contribution in [-0.2, 0) is 4.79 Å². The summed E-state index contributed by atoms with van der Waals surface area (Å²) in [4.78, 5) is 12.0. The summed E-state index contributed by atoms with van der Waals surface area (Å²) in [6.45, 7) is 1.84. The van der Waals surface area contributed by atoms with Gasteiger partial charge in [-0.25, -0.2) is 0 Å². The Kier molecular flexibility index (Phi) is 3.70. The Morgan fingerprint density at radius 2 is 2.24 bits per heavy atom. The molecule has 2 aliphatic rings. The lowest BCUT2D eigenvalue weighted by atomic mass is 9.83. The molecule has 17 heavy (non-hydrogen) atoms. The largest absolute Gasteiger partial charge is 0.390 e. The average molecular weight is 241 g/mol. The summed E-state index contributed by atoms with van der Waals surface area (Å²) in [5.41, 5.74) is 5.08. The summed E-state index contributed by atoms with van der Waals surface area (Å²) in [5.74, 6) is 0.0284. The van der Waals surface area contributed by atoms with Gasteiger partial charge in [-0.15, -0.1) is 0 Å². The molecule has 98 valence electrons. The first-order valence-corrected chi connectivity index (χ1v) is 6.51. The van der Waals surface area contributed by atoms with Crippen molar-refractivity contribution in [2.45, 2.75) is 69.3 Å². The van der Waals surface area contributed by atoms with Crippen LogP contribution in [0.3, 0.4) is 0 Å². The van der Waals surface area contributed by atoms with Crippen molar-refractivity contribution in [1.29, 1.82) is 0 Å². The first kappa shape index (κ1) is 12.8. The quantitative estimate of drug-likeness (QED) is 0.541. The third-order valence-electron chi connectivity index (χ3n) is 3.80. The van der Waals surface area contributed by atoms with Gasteiger partial charge in [-0.3, -0.25) is 10.1 Å². The Morgan fingerprint density at radius 3 is 2.82 bits per heavy atom. The number of nitrogens with one attached hydrogen (secondary N) is 2. The molecule has 1 amide bonds. The van der Waals surface area contributed by atoms with Gasteiger partial charge in [0.25, 0.3) is 0 Å². The topological polar surface area (TPSA) is 87.4 Å². The fourth-order valence-corrected chi connectivity index (χ4v) is 2.87. The van der Waals surface area contributed by atoms with Gasteiger partial charge in [-0.05, 0) is 45.4 Å². The maximum absolute atomic E-state index is 12.0. The molecule has 1 saturated heterocycles. The van der Waals surface area contributed by atoms with Gasteiger partial charge in [-0.1, -0.05) is 0 Å². The molecule has 2 fully saturated rings. The van der Waals surface area contributed by atoms with Gasteiger partial charge in [-0.2, -0.15) is 0 Å². The van der Waals surface area contributed by atoms with Gasteiger partial charge in [0.1, 0.15) is 0 Å². The first-order valence-electron chi connectivity index (χ1n) is 6.51. The molecule has 1 saturated carbocycles. The van der Waals surface area contributed by atoms with Crippen LogP contribution in [0.5, 0.6) is 0 Å². The van der Waals surface area contributed by atoms with E-state index in [4.69, 9.17) is 5.73 Å². The smallest absolute Gasteiger partial charge is 0.237 e. The van der Waals surface area contributed by atoms with E-state index in [1.54, 1.807) is 0 Å². The molecule has 0 aromatic rings. The SMILES string of the molecule is CC1(O)CCCC(NC(=O)C2CCC(N)N2)C1. The van der Waals surface area contributed by atoms with Gasteiger partial charge < -0.3 is 16.2 Å². The Bertz CT molecular complexity index is 293. The third kappa shape index (κ3) is 3.40. The minimum Gasteiger partial charge on any atom is -0.390 e. The standard InChI is InChI=1S/C12H23N3O2/c1-12(17)6-2-3-8(7-12)14-11(16)9-4-5-10(13)15-9/h8-10,15,17H,2-7,13H2,1H3,(H,14,16). The normalized spacial score (nSPS) is 42.4. The van der Waals surface area contributed by atoms with Crippen molar-refractivity contribution in [3.05, 3.63) is 0 Å². The molecule has 2 rings (SSSR count). The highest BCUT2D eigenvalue weighted by atomic mass is 16.3. The van der Waals surface area contributed by atoms with Crippen molar-refractivity contribution in [2.24, 2.45) is 5.73 Å². The molecule has 0 aromatic heterocycles. The Morgan fingerprint density at radius 1 is 1.47 bits per heavy atom. The van der Waals surface area contributed by atoms with Crippen molar-refractivity contribution in [1.82, 2.24) is 10.6 Å². The van der Waals surface area contributed by atoms with Crippen LogP contribution < -0.4 is 16.4 Å². The summed E-state index contributed by atoms with van der Waals surface area (Å²) >= 11 is 0. The summed E-state index contributed by atoms with van der Waals surface area (Å²) < 4.78 is 0. The molecule has 0 spiro atoms. The second-order valence-corrected chi connectivity index (χ2v) is 5.70. The van der Waals surface area contributed by atoms with Crippen LogP contribution >= 0.6 is 0 Å². The summed E-state index contributed by atoms with van der Waals surface area (Å²) in [6, 6.07) is -0.0539. The number of hydrogen-bond donors (Lipinski definition) is 4. The molecule has 5 N–H and O–H groups in total. The highest BCUT2D eigenvalue weighted by Gasteiger charge is 2.33. The number of aliphatic hydroxyl groups is 1. The van der Waals surface area contributed by atoms with Gasteiger partial charge in [0, 0.05) is 6.04 Å². The maximum atomic E-state index is 12.0. The zero-order valence-corrected chi connectivity index (χ0v) is 10.4. The van der Waals surface area contributed by atoms with Gasteiger partial charge in [0.05, 0.1) is 17.8 Å². The fourth-order valence-electron chi connectivity index (χ4n) is 2.87. The lowest BCUT2D eigenvalue weighted by molar-refractivity contribution is -0.124. The summed E-state index contributed by atoms with van der Waals surface area (Å²) in [7, 11) is 0. The van der Waals surface area contributed by atoms with E-state index in [1.165, 1.54) is 0 Å². The van der Waals surface area contributed by atoms with E-state index in [0.29, 0.717) is 6.42 Å². The predicted octanol–water partition coefficient (Wildman–Crippen LogP) is -0.167. The summed E-state index contributed by atoms with van der Waals surface area (Å²) in [6.07, 6.45) is 5.00. The second-order valence-electron chi connectivity index (χ2n) is 5.70. The molecule has 1 aliphatic carbocycles. The lowest BCUT2D eigenvalue weighted by Gasteiger charge is -2.34. The molecule has 1 heterocycles. The molecular weight excluding hydrogens is 218 g/mol. The number of carbonyl (C=O) groups is 1. The van der Waals surface area contributed by atoms with Crippen molar-refractivity contribution in [2.75, 3.05) is 0 Å². The minimum atomic E-state index is -0.629. The van der Waals surface area contributed by atoms with Crippen molar-refractivity contribution in [3.63, 3.8) is 0 Å². The predicted molar refractivity (Wildman–Crippen MR) is 65.2 cm³/mol. The molecule has 4 unspecified atom stereocenters. The van der Waals surface area contributed by atoms with Crippen molar-refractivity contribution < 1.29 is 9.90 Å². The Labute approximate surface area is 102 Å². The van der Waals surface area contributed by atoms with E-state index in [1.807, 2.05) is 6.92 Å². The van der Waals surface area contributed by atoms with Crippen LogP contribution in [0, 0.1) is 0 Å². The fraction of sp³-hybridized carbons (Fsp3) is 0.917. The van der Waals surface area contributed by atoms with E-state index in [0.717, 1.165) is 32.1 Å². The number of rotatable bonds is 2. The first-order chi connectivity index (χ1) is 7.96. The van der Waals surface area contributed by atoms with Gasteiger partial charge in [0.15, 0.2) is 0 Å². The molecule has 0 bridgehead atoms. The van der Waals surface area contributed by atoms with Crippen LogP contribution in [0.2, 0.25) is 0 Å². The number of amides is 1. The number of carbonyl (C=O) groups excluding carboxylic acids is 1. The highest BCUT2D eigenvalue weighted by molar-refractivity contribution is 5.82. The maximum Gasteiger partial charge on any atom is 0.237 e. The van der Waals surface area contributed by atoms with Crippen LogP contribution in [0.4, 0.5) is 0 Å². The van der Waals surface area contributed by atoms with Gasteiger partial charge >= 0.3 is 0 Å². The van der Waals surface area contributed by atoms with Crippen molar-refractivity contribution >= 4 is 5.91 Å². The van der Waals surface area contributed by atoms with Crippen LogP contribution in [0.25, 0.3) is 0 Å². The van der Waals surface area contributed by atoms with Crippen molar-refractivity contribution in [3.8, 4) is 0 Å². The second kappa shape index (κ2) is 4.92. The third-order valence-corrected chi connectivity index (χ3v) is 3.80. The Balaban J connectivity index is 1.82. The van der Waals surface area contributed by atoms with Crippen LogP contribution in [-0.4, -0.2) is 34.9 Å². The zero-order chi connectivity index (χ0) is 12.5. The van der Waals surface area contributed by atoms with E-state index in [9.17, 15) is 9.90 Å². The average Bonchev–Trinajstić information content (AvgIpc) is 2.63. The number of hydrogen-bond acceptors (Lipinski definition) is 4. The molecule has 4 atom stereocenters. The molecule has 5 nitrogen and oxygen atoms in total. The molecule has 1 aliphatic heterocycles. The summed E-state index contributed by atoms with van der Waals surface area (Å²) in [5, 5.41) is 16.1. The van der Waals surface area contributed by atoms with Crippen LogP contribution in [0.15, 0.2) is 0 Å². The molecule has 0 radical (unpaired) electrons. The van der Waals surface area contributed by atoms with E-state index >= 15 is 0 Å². The Hall–Kier alpha value is -0.650. The molecular formula is C12H23N3O2. The highest BCUT2D eigenvalue weighted by Crippen LogP contribution is 2.27. The van der Waals surface area contributed by atoms with E-state index in [-0.39, 0.29) is 24.2 Å². The van der Waals surface area contributed by atoms with E-state index in [2.05, 4.69) is 10.6 Å². The zero-order valence-electron chi connectivity index (χ0n) is 10.4. The van der Waals surface area contributed by atoms with Crippen LogP contribution in [0.1, 0.15) is 45.4 Å². The molecule has 5 heteroatoms. The minimum absolute atomic E-state index is 0.0284. The molecule has 0 aromatic carbocycles. The van der Waals surface area contributed by atoms with E-state index < -0.39 is 5.60 Å². The van der Waals surface area contributed by atoms with Gasteiger partial charge in [0.2, 0.25) is 5.91 Å². The lowest BCUT2D eigenvalue weighted by Crippen LogP contribution is -2.51. The number of nitrogens with two attached hydrogens (primary N) is 1. The monoisotopic (exact) mass is 241 g/mol.